The first kappa shape index (κ1) is 19.7. The second kappa shape index (κ2) is 9.28. The van der Waals surface area contributed by atoms with Crippen molar-refractivity contribution in [2.24, 2.45) is 0 Å². The lowest BCUT2D eigenvalue weighted by atomic mass is 10.1. The van der Waals surface area contributed by atoms with Crippen molar-refractivity contribution in [2.75, 3.05) is 43.5 Å². The maximum atomic E-state index is 11.0. The SMILES string of the molecule is CC(=O)NCCSCc1cc(N2CCOCC2)nc(-c2ccc3[nH]ccc3c2)n1. The van der Waals surface area contributed by atoms with Crippen molar-refractivity contribution >= 4 is 34.4 Å². The highest BCUT2D eigenvalue weighted by atomic mass is 32.2. The first-order chi connectivity index (χ1) is 14.2. The van der Waals surface area contributed by atoms with E-state index in [-0.39, 0.29) is 5.91 Å². The molecule has 0 bridgehead atoms. The van der Waals surface area contributed by atoms with E-state index in [9.17, 15) is 4.79 Å². The molecular formula is C21H25N5O2S. The van der Waals surface area contributed by atoms with Crippen LogP contribution in [0.25, 0.3) is 22.3 Å². The fraction of sp³-hybridized carbons (Fsp3) is 0.381. The van der Waals surface area contributed by atoms with Gasteiger partial charge in [-0.1, -0.05) is 0 Å². The molecule has 4 rings (SSSR count). The van der Waals surface area contributed by atoms with Crippen LogP contribution in [-0.2, 0) is 15.3 Å². The van der Waals surface area contributed by atoms with Gasteiger partial charge in [-0.25, -0.2) is 9.97 Å². The summed E-state index contributed by atoms with van der Waals surface area (Å²) in [6.07, 6.45) is 1.94. The summed E-state index contributed by atoms with van der Waals surface area (Å²) in [5, 5.41) is 3.98. The molecular weight excluding hydrogens is 386 g/mol. The number of hydrogen-bond donors (Lipinski definition) is 2. The third-order valence-corrected chi connectivity index (χ3v) is 5.78. The summed E-state index contributed by atoms with van der Waals surface area (Å²) in [6.45, 7) is 5.31. The number of aromatic nitrogens is 3. The van der Waals surface area contributed by atoms with Gasteiger partial charge in [0, 0.05) is 66.8 Å². The van der Waals surface area contributed by atoms with Crippen molar-refractivity contribution in [2.45, 2.75) is 12.7 Å². The topological polar surface area (TPSA) is 83.1 Å². The molecule has 3 heterocycles. The lowest BCUT2D eigenvalue weighted by molar-refractivity contribution is -0.118. The predicted molar refractivity (Wildman–Crippen MR) is 117 cm³/mol. The van der Waals surface area contributed by atoms with Crippen molar-refractivity contribution in [3.63, 3.8) is 0 Å². The molecule has 1 saturated heterocycles. The normalized spacial score (nSPS) is 14.3. The zero-order valence-electron chi connectivity index (χ0n) is 16.5. The molecule has 0 unspecified atom stereocenters. The fourth-order valence-corrected chi connectivity index (χ4v) is 4.06. The zero-order valence-corrected chi connectivity index (χ0v) is 17.3. The molecule has 1 aliphatic rings. The molecule has 2 N–H and O–H groups in total. The number of thioether (sulfide) groups is 1. The van der Waals surface area contributed by atoms with Gasteiger partial charge in [0.15, 0.2) is 5.82 Å². The van der Waals surface area contributed by atoms with Gasteiger partial charge in [-0.2, -0.15) is 11.8 Å². The van der Waals surface area contributed by atoms with Crippen molar-refractivity contribution in [1.29, 1.82) is 0 Å². The minimum Gasteiger partial charge on any atom is -0.378 e. The first-order valence-corrected chi connectivity index (χ1v) is 10.9. The maximum Gasteiger partial charge on any atom is 0.216 e. The Hall–Kier alpha value is -2.58. The molecule has 8 heteroatoms. The third-order valence-electron chi connectivity index (χ3n) is 4.78. The van der Waals surface area contributed by atoms with Gasteiger partial charge < -0.3 is 19.9 Å². The highest BCUT2D eigenvalue weighted by Gasteiger charge is 2.16. The van der Waals surface area contributed by atoms with Crippen LogP contribution in [-0.4, -0.2) is 59.5 Å². The first-order valence-electron chi connectivity index (χ1n) is 9.79. The van der Waals surface area contributed by atoms with Crippen molar-refractivity contribution in [1.82, 2.24) is 20.3 Å². The third kappa shape index (κ3) is 5.07. The number of carbonyl (C=O) groups excluding carboxylic acids is 1. The summed E-state index contributed by atoms with van der Waals surface area (Å²) in [6, 6.07) is 10.4. The van der Waals surface area contributed by atoms with E-state index in [2.05, 4.69) is 45.5 Å². The number of fused-ring (bicyclic) bond motifs is 1. The van der Waals surface area contributed by atoms with Crippen molar-refractivity contribution < 1.29 is 9.53 Å². The van der Waals surface area contributed by atoms with Crippen LogP contribution in [0.15, 0.2) is 36.5 Å². The number of ether oxygens (including phenoxy) is 1. The van der Waals surface area contributed by atoms with E-state index >= 15 is 0 Å². The summed E-state index contributed by atoms with van der Waals surface area (Å²) in [7, 11) is 0. The van der Waals surface area contributed by atoms with E-state index < -0.39 is 0 Å². The largest absolute Gasteiger partial charge is 0.378 e. The van der Waals surface area contributed by atoms with E-state index in [1.807, 2.05) is 6.20 Å². The molecule has 29 heavy (non-hydrogen) atoms. The van der Waals surface area contributed by atoms with E-state index in [0.29, 0.717) is 6.54 Å². The molecule has 0 aliphatic carbocycles. The minimum atomic E-state index is 0.00433. The number of amides is 1. The number of rotatable bonds is 7. The molecule has 0 spiro atoms. The maximum absolute atomic E-state index is 11.0. The van der Waals surface area contributed by atoms with Gasteiger partial charge in [0.2, 0.25) is 5.91 Å². The average Bonchev–Trinajstić information content (AvgIpc) is 3.21. The number of H-pyrrole nitrogens is 1. The Kier molecular flexibility index (Phi) is 6.31. The Morgan fingerprint density at radius 1 is 1.24 bits per heavy atom. The Labute approximate surface area is 174 Å². The molecule has 1 fully saturated rings. The van der Waals surface area contributed by atoms with Crippen LogP contribution in [0.4, 0.5) is 5.82 Å². The van der Waals surface area contributed by atoms with Gasteiger partial charge in [-0.15, -0.1) is 0 Å². The van der Waals surface area contributed by atoms with Crippen LogP contribution in [0.5, 0.6) is 0 Å². The number of anilines is 1. The van der Waals surface area contributed by atoms with Crippen LogP contribution in [0, 0.1) is 0 Å². The van der Waals surface area contributed by atoms with Gasteiger partial charge in [-0.05, 0) is 24.3 Å². The molecule has 0 radical (unpaired) electrons. The Morgan fingerprint density at radius 2 is 2.10 bits per heavy atom. The smallest absolute Gasteiger partial charge is 0.216 e. The second-order valence-electron chi connectivity index (χ2n) is 6.96. The van der Waals surface area contributed by atoms with Crippen LogP contribution in [0.3, 0.4) is 0 Å². The summed E-state index contributed by atoms with van der Waals surface area (Å²) in [4.78, 5) is 26.2. The van der Waals surface area contributed by atoms with Crippen LogP contribution >= 0.6 is 11.8 Å². The Balaban J connectivity index is 1.57. The molecule has 0 saturated carbocycles. The number of nitrogens with one attached hydrogen (secondary N) is 2. The Morgan fingerprint density at radius 3 is 2.93 bits per heavy atom. The molecule has 1 aromatic carbocycles. The van der Waals surface area contributed by atoms with Crippen LogP contribution in [0.1, 0.15) is 12.6 Å². The molecule has 1 amide bonds. The van der Waals surface area contributed by atoms with E-state index in [0.717, 1.165) is 71.6 Å². The molecule has 1 aliphatic heterocycles. The monoisotopic (exact) mass is 411 g/mol. The Bertz CT molecular complexity index is 984. The lowest BCUT2D eigenvalue weighted by Gasteiger charge is -2.28. The van der Waals surface area contributed by atoms with E-state index in [4.69, 9.17) is 14.7 Å². The molecule has 2 aromatic heterocycles. The molecule has 152 valence electrons. The lowest BCUT2D eigenvalue weighted by Crippen LogP contribution is -2.37. The number of aromatic amines is 1. The van der Waals surface area contributed by atoms with E-state index in [1.54, 1.807) is 11.8 Å². The quantitative estimate of drug-likeness (QED) is 0.582. The summed E-state index contributed by atoms with van der Waals surface area (Å²) < 4.78 is 5.49. The number of benzene rings is 1. The van der Waals surface area contributed by atoms with Crippen LogP contribution in [0.2, 0.25) is 0 Å². The standard InChI is InChI=1S/C21H25N5O2S/c1-15(27)22-6-11-29-14-18-13-20(26-7-9-28-10-8-26)25-21(24-18)17-2-3-19-16(12-17)4-5-23-19/h2-5,12-13,23H,6-11,14H2,1H3,(H,22,27). The van der Waals surface area contributed by atoms with Gasteiger partial charge in [0.1, 0.15) is 5.82 Å². The molecule has 7 nitrogen and oxygen atoms in total. The summed E-state index contributed by atoms with van der Waals surface area (Å²) in [5.74, 6) is 3.32. The highest BCUT2D eigenvalue weighted by molar-refractivity contribution is 7.98. The molecule has 0 atom stereocenters. The van der Waals surface area contributed by atoms with Gasteiger partial charge in [0.05, 0.1) is 18.9 Å². The van der Waals surface area contributed by atoms with Crippen LogP contribution < -0.4 is 10.2 Å². The average molecular weight is 412 g/mol. The predicted octanol–water partition coefficient (Wildman–Crippen LogP) is 2.83. The summed E-state index contributed by atoms with van der Waals surface area (Å²) >= 11 is 1.76. The van der Waals surface area contributed by atoms with Crippen molar-refractivity contribution in [3.8, 4) is 11.4 Å². The van der Waals surface area contributed by atoms with Crippen molar-refractivity contribution in [3.05, 3.63) is 42.2 Å². The fourth-order valence-electron chi connectivity index (χ4n) is 3.31. The van der Waals surface area contributed by atoms with Gasteiger partial charge in [-0.3, -0.25) is 4.79 Å². The zero-order chi connectivity index (χ0) is 20.1. The number of hydrogen-bond acceptors (Lipinski definition) is 6. The number of carbonyl (C=O) groups is 1. The minimum absolute atomic E-state index is 0.00433. The van der Waals surface area contributed by atoms with Gasteiger partial charge in [0.25, 0.3) is 0 Å². The molecule has 3 aromatic rings. The second-order valence-corrected chi connectivity index (χ2v) is 8.06. The number of nitrogens with zero attached hydrogens (tertiary/aromatic N) is 3. The van der Waals surface area contributed by atoms with E-state index in [1.165, 1.54) is 6.92 Å². The van der Waals surface area contributed by atoms with Gasteiger partial charge >= 0.3 is 0 Å². The summed E-state index contributed by atoms with van der Waals surface area (Å²) in [5.41, 5.74) is 3.11. The number of morpholine rings is 1. The highest BCUT2D eigenvalue weighted by Crippen LogP contribution is 2.25.